The third-order valence-electron chi connectivity index (χ3n) is 3.88. The van der Waals surface area contributed by atoms with Crippen molar-refractivity contribution in [2.24, 2.45) is 0 Å². The van der Waals surface area contributed by atoms with E-state index >= 15 is 0 Å². The van der Waals surface area contributed by atoms with Gasteiger partial charge in [0.2, 0.25) is 0 Å². The maximum Gasteiger partial charge on any atom is 0.253 e. The van der Waals surface area contributed by atoms with Gasteiger partial charge in [-0.15, -0.1) is 0 Å². The van der Waals surface area contributed by atoms with Crippen LogP contribution in [0.25, 0.3) is 11.1 Å². The highest BCUT2D eigenvalue weighted by Crippen LogP contribution is 2.22. The summed E-state index contributed by atoms with van der Waals surface area (Å²) in [5, 5.41) is 9.28. The zero-order valence-electron chi connectivity index (χ0n) is 14.5. The minimum atomic E-state index is -0.0262. The van der Waals surface area contributed by atoms with Gasteiger partial charge in [-0.1, -0.05) is 30.3 Å². The van der Waals surface area contributed by atoms with Crippen molar-refractivity contribution in [3.05, 3.63) is 59.7 Å². The van der Waals surface area contributed by atoms with E-state index in [2.05, 4.69) is 0 Å². The molecular weight excluding hydrogens is 302 g/mol. The molecule has 1 unspecified atom stereocenters. The van der Waals surface area contributed by atoms with Gasteiger partial charge in [0.25, 0.3) is 5.91 Å². The molecule has 0 aliphatic rings. The minimum absolute atomic E-state index is 0.00448. The molecule has 24 heavy (non-hydrogen) atoms. The van der Waals surface area contributed by atoms with Crippen molar-refractivity contribution in [1.29, 1.82) is 0 Å². The van der Waals surface area contributed by atoms with Crippen molar-refractivity contribution >= 4 is 5.91 Å². The van der Waals surface area contributed by atoms with Gasteiger partial charge in [-0.25, -0.2) is 0 Å². The molecule has 1 amide bonds. The second-order valence-electron chi connectivity index (χ2n) is 5.89. The van der Waals surface area contributed by atoms with Crippen LogP contribution >= 0.6 is 0 Å². The predicted molar refractivity (Wildman–Crippen MR) is 95.8 cm³/mol. The first-order chi connectivity index (χ1) is 11.5. The van der Waals surface area contributed by atoms with Crippen LogP contribution in [0.4, 0.5) is 0 Å². The molecule has 2 rings (SSSR count). The van der Waals surface area contributed by atoms with E-state index in [1.54, 1.807) is 11.9 Å². The van der Waals surface area contributed by atoms with Crippen molar-refractivity contribution in [1.82, 2.24) is 4.90 Å². The number of carbonyl (C=O) groups excluding carboxylic acids is 1. The summed E-state index contributed by atoms with van der Waals surface area (Å²) in [6.07, 6.45) is 0.00775. The van der Waals surface area contributed by atoms with Gasteiger partial charge < -0.3 is 14.7 Å². The maximum absolute atomic E-state index is 12.6. The fourth-order valence-electron chi connectivity index (χ4n) is 2.71. The lowest BCUT2D eigenvalue weighted by atomic mass is 10.0. The van der Waals surface area contributed by atoms with E-state index in [1.165, 1.54) is 0 Å². The van der Waals surface area contributed by atoms with Gasteiger partial charge in [-0.3, -0.25) is 4.79 Å². The molecule has 0 saturated heterocycles. The van der Waals surface area contributed by atoms with Crippen LogP contribution in [0.1, 0.15) is 29.8 Å². The van der Waals surface area contributed by atoms with Gasteiger partial charge in [0.15, 0.2) is 0 Å². The molecule has 0 spiro atoms. The quantitative estimate of drug-likeness (QED) is 0.848. The van der Waals surface area contributed by atoms with Crippen molar-refractivity contribution < 1.29 is 14.6 Å². The number of rotatable bonds is 7. The van der Waals surface area contributed by atoms with E-state index in [0.29, 0.717) is 18.7 Å². The van der Waals surface area contributed by atoms with Crippen LogP contribution in [0.5, 0.6) is 0 Å². The molecule has 0 aliphatic heterocycles. The second kappa shape index (κ2) is 8.62. The van der Waals surface area contributed by atoms with Crippen LogP contribution in [0.3, 0.4) is 0 Å². The minimum Gasteiger partial charge on any atom is -0.392 e. The van der Waals surface area contributed by atoms with Crippen molar-refractivity contribution in [2.45, 2.75) is 26.6 Å². The Morgan fingerprint density at radius 3 is 2.50 bits per heavy atom. The van der Waals surface area contributed by atoms with Gasteiger partial charge in [0, 0.05) is 25.8 Å². The zero-order valence-corrected chi connectivity index (χ0v) is 14.5. The van der Waals surface area contributed by atoms with E-state index in [4.69, 9.17) is 4.74 Å². The first kappa shape index (κ1) is 18.2. The number of hydrogen-bond acceptors (Lipinski definition) is 3. The van der Waals surface area contributed by atoms with E-state index in [1.807, 2.05) is 62.4 Å². The van der Waals surface area contributed by atoms with Gasteiger partial charge in [0.05, 0.1) is 12.7 Å². The van der Waals surface area contributed by atoms with Crippen LogP contribution in [0.2, 0.25) is 0 Å². The molecule has 2 aromatic rings. The largest absolute Gasteiger partial charge is 0.392 e. The first-order valence-corrected chi connectivity index (χ1v) is 8.22. The molecule has 0 saturated carbocycles. The lowest BCUT2D eigenvalue weighted by Crippen LogP contribution is -2.34. The molecule has 0 aliphatic carbocycles. The van der Waals surface area contributed by atoms with Crippen LogP contribution < -0.4 is 0 Å². The molecule has 2 aromatic carbocycles. The molecule has 0 bridgehead atoms. The summed E-state index contributed by atoms with van der Waals surface area (Å²) in [5.41, 5.74) is 3.45. The van der Waals surface area contributed by atoms with Gasteiger partial charge >= 0.3 is 0 Å². The number of aliphatic hydroxyl groups is 1. The Labute approximate surface area is 143 Å². The fraction of sp³-hybridized carbons (Fsp3) is 0.350. The number of ether oxygens (including phenoxy) is 1. The Kier molecular flexibility index (Phi) is 6.53. The van der Waals surface area contributed by atoms with Crippen LogP contribution in [-0.4, -0.2) is 42.2 Å². The average Bonchev–Trinajstić information content (AvgIpc) is 2.61. The smallest absolute Gasteiger partial charge is 0.253 e. The summed E-state index contributed by atoms with van der Waals surface area (Å²) in [5.74, 6) is -0.0262. The lowest BCUT2D eigenvalue weighted by Gasteiger charge is -2.21. The summed E-state index contributed by atoms with van der Waals surface area (Å²) in [6.45, 7) is 5.10. The van der Waals surface area contributed by atoms with E-state index in [0.717, 1.165) is 16.7 Å². The number of nitrogens with zero attached hydrogens (tertiary/aromatic N) is 1. The number of benzene rings is 2. The van der Waals surface area contributed by atoms with Crippen molar-refractivity contribution in [3.8, 4) is 11.1 Å². The third-order valence-corrected chi connectivity index (χ3v) is 3.88. The van der Waals surface area contributed by atoms with Crippen molar-refractivity contribution in [3.63, 3.8) is 0 Å². The molecule has 0 aromatic heterocycles. The van der Waals surface area contributed by atoms with E-state index < -0.39 is 0 Å². The van der Waals surface area contributed by atoms with Crippen LogP contribution in [0.15, 0.2) is 48.5 Å². The maximum atomic E-state index is 12.6. The van der Waals surface area contributed by atoms with Gasteiger partial charge in [-0.05, 0) is 48.7 Å². The molecular formula is C20H25NO3. The Bertz CT molecular complexity index is 684. The highest BCUT2D eigenvalue weighted by molar-refractivity contribution is 5.95. The SMILES string of the molecule is CCOC(C)CN(C)C(=O)c1cccc(-c2cccc(CO)c2)c1. The summed E-state index contributed by atoms with van der Waals surface area (Å²) < 4.78 is 5.50. The van der Waals surface area contributed by atoms with E-state index in [-0.39, 0.29) is 18.6 Å². The normalized spacial score (nSPS) is 12.0. The molecule has 1 N–H and O–H groups in total. The monoisotopic (exact) mass is 327 g/mol. The number of amides is 1. The van der Waals surface area contributed by atoms with E-state index in [9.17, 15) is 9.90 Å². The second-order valence-corrected chi connectivity index (χ2v) is 5.89. The number of likely N-dealkylation sites (N-methyl/N-ethyl adjacent to an activating group) is 1. The summed E-state index contributed by atoms with van der Waals surface area (Å²) in [6, 6.07) is 15.3. The Morgan fingerprint density at radius 1 is 1.17 bits per heavy atom. The van der Waals surface area contributed by atoms with Crippen LogP contribution in [0, 0.1) is 0 Å². The van der Waals surface area contributed by atoms with Gasteiger partial charge in [-0.2, -0.15) is 0 Å². The number of aliphatic hydroxyl groups excluding tert-OH is 1. The Balaban J connectivity index is 2.18. The first-order valence-electron chi connectivity index (χ1n) is 8.22. The number of hydrogen-bond donors (Lipinski definition) is 1. The molecule has 0 heterocycles. The predicted octanol–water partition coefficient (Wildman–Crippen LogP) is 3.34. The zero-order chi connectivity index (χ0) is 17.5. The molecule has 1 atom stereocenters. The molecule has 4 heteroatoms. The standard InChI is InChI=1S/C20H25NO3/c1-4-24-15(2)13-21(3)20(23)19-10-6-9-18(12-19)17-8-5-7-16(11-17)14-22/h5-12,15,22H,4,13-14H2,1-3H3. The molecule has 4 nitrogen and oxygen atoms in total. The molecule has 128 valence electrons. The third kappa shape index (κ3) is 4.66. The molecule has 0 fully saturated rings. The number of carbonyl (C=O) groups is 1. The van der Waals surface area contributed by atoms with Crippen LogP contribution in [-0.2, 0) is 11.3 Å². The molecule has 0 radical (unpaired) electrons. The van der Waals surface area contributed by atoms with Crippen molar-refractivity contribution in [2.75, 3.05) is 20.2 Å². The fourth-order valence-corrected chi connectivity index (χ4v) is 2.71. The topological polar surface area (TPSA) is 49.8 Å². The summed E-state index contributed by atoms with van der Waals surface area (Å²) >= 11 is 0. The lowest BCUT2D eigenvalue weighted by molar-refractivity contribution is 0.0436. The Hall–Kier alpha value is -2.17. The highest BCUT2D eigenvalue weighted by atomic mass is 16.5. The van der Waals surface area contributed by atoms with Gasteiger partial charge in [0.1, 0.15) is 0 Å². The summed E-state index contributed by atoms with van der Waals surface area (Å²) in [7, 11) is 1.79. The average molecular weight is 327 g/mol. The Morgan fingerprint density at radius 2 is 1.83 bits per heavy atom. The highest BCUT2D eigenvalue weighted by Gasteiger charge is 2.15. The summed E-state index contributed by atoms with van der Waals surface area (Å²) in [4.78, 5) is 14.3.